The molecular formula is C34H39Cl2FN6O2S. The van der Waals surface area contributed by atoms with Crippen LogP contribution in [0.1, 0.15) is 77.5 Å². The summed E-state index contributed by atoms with van der Waals surface area (Å²) in [5.74, 6) is -0.693. The van der Waals surface area contributed by atoms with Crippen molar-refractivity contribution in [1.29, 1.82) is 0 Å². The molecule has 2 amide bonds. The monoisotopic (exact) mass is 684 g/mol. The van der Waals surface area contributed by atoms with E-state index >= 15 is 4.39 Å². The molecular weight excluding hydrogens is 646 g/mol. The summed E-state index contributed by atoms with van der Waals surface area (Å²) >= 11 is 13.6. The zero-order valence-electron chi connectivity index (χ0n) is 26.7. The van der Waals surface area contributed by atoms with Crippen LogP contribution in [-0.2, 0) is 15.1 Å². The molecule has 1 aromatic carbocycles. The first-order valence-electron chi connectivity index (χ1n) is 16.1. The van der Waals surface area contributed by atoms with Crippen LogP contribution < -0.4 is 5.32 Å². The molecule has 1 saturated carbocycles. The van der Waals surface area contributed by atoms with Gasteiger partial charge in [-0.1, -0.05) is 49.2 Å². The second-order valence-electron chi connectivity index (χ2n) is 14.0. The van der Waals surface area contributed by atoms with Gasteiger partial charge in [-0.05, 0) is 87.9 Å². The van der Waals surface area contributed by atoms with Crippen molar-refractivity contribution in [2.45, 2.75) is 95.5 Å². The normalized spacial score (nSPS) is 30.0. The second kappa shape index (κ2) is 11.5. The third-order valence-electron chi connectivity index (χ3n) is 10.2. The number of nitrogens with zero attached hydrogens (tertiary/aromatic N) is 5. The van der Waals surface area contributed by atoms with Crippen molar-refractivity contribution in [3.8, 4) is 0 Å². The highest BCUT2D eigenvalue weighted by molar-refractivity contribution is 8.18. The quantitative estimate of drug-likeness (QED) is 0.362. The van der Waals surface area contributed by atoms with Crippen LogP contribution in [0.2, 0.25) is 10.2 Å². The zero-order chi connectivity index (χ0) is 32.7. The molecule has 0 unspecified atom stereocenters. The number of thioether (sulfide) groups is 1. The summed E-state index contributed by atoms with van der Waals surface area (Å²) in [5, 5.41) is 4.73. The second-order valence-corrected chi connectivity index (χ2v) is 15.8. The van der Waals surface area contributed by atoms with Crippen molar-refractivity contribution in [3.63, 3.8) is 0 Å². The van der Waals surface area contributed by atoms with Crippen LogP contribution in [0.4, 0.5) is 4.39 Å². The van der Waals surface area contributed by atoms with Crippen molar-refractivity contribution >= 4 is 51.9 Å². The molecule has 244 valence electrons. The molecule has 4 aliphatic heterocycles. The van der Waals surface area contributed by atoms with Crippen LogP contribution in [0.3, 0.4) is 0 Å². The lowest BCUT2D eigenvalue weighted by atomic mass is 9.81. The van der Waals surface area contributed by atoms with Crippen LogP contribution >= 0.6 is 35.0 Å². The van der Waals surface area contributed by atoms with Crippen LogP contribution in [-0.4, -0.2) is 73.4 Å². The molecule has 7 rings (SSSR count). The van der Waals surface area contributed by atoms with E-state index in [0.29, 0.717) is 40.3 Å². The number of aliphatic imine (C=N–C) groups is 1. The van der Waals surface area contributed by atoms with Crippen LogP contribution in [0.5, 0.6) is 0 Å². The van der Waals surface area contributed by atoms with Gasteiger partial charge in [0.15, 0.2) is 5.17 Å². The number of hydrogen-bond donors (Lipinski definition) is 1. The Morgan fingerprint density at radius 1 is 1.13 bits per heavy atom. The minimum absolute atomic E-state index is 0.0340. The Kier molecular flexibility index (Phi) is 7.98. The first-order chi connectivity index (χ1) is 21.8. The fourth-order valence-electron chi connectivity index (χ4n) is 7.88. The number of carbonyl (C=O) groups excluding carboxylic acids is 2. The first kappa shape index (κ1) is 31.9. The van der Waals surface area contributed by atoms with Gasteiger partial charge in [0.25, 0.3) is 5.91 Å². The molecule has 8 nitrogen and oxygen atoms in total. The minimum atomic E-state index is -0.869. The number of rotatable bonds is 5. The number of likely N-dealkylation sites (tertiary alicyclic amines) is 1. The van der Waals surface area contributed by atoms with E-state index in [-0.39, 0.29) is 40.4 Å². The molecule has 3 fully saturated rings. The van der Waals surface area contributed by atoms with Gasteiger partial charge in [-0.3, -0.25) is 9.59 Å². The van der Waals surface area contributed by atoms with Gasteiger partial charge >= 0.3 is 0 Å². The molecule has 0 radical (unpaired) electrons. The Morgan fingerprint density at radius 3 is 2.54 bits per heavy atom. The summed E-state index contributed by atoms with van der Waals surface area (Å²) < 4.78 is 15.0. The molecule has 46 heavy (non-hydrogen) atoms. The lowest BCUT2D eigenvalue weighted by Gasteiger charge is -2.41. The largest absolute Gasteiger partial charge is 0.338 e. The highest BCUT2D eigenvalue weighted by Crippen LogP contribution is 2.56. The number of hydrogen-bond acceptors (Lipinski definition) is 7. The van der Waals surface area contributed by atoms with E-state index in [0.717, 1.165) is 30.5 Å². The van der Waals surface area contributed by atoms with Gasteiger partial charge in [-0.15, -0.1) is 0 Å². The lowest BCUT2D eigenvalue weighted by Crippen LogP contribution is -2.61. The predicted octanol–water partition coefficient (Wildman–Crippen LogP) is 6.50. The van der Waals surface area contributed by atoms with Gasteiger partial charge < -0.3 is 20.0 Å². The number of amides is 2. The van der Waals surface area contributed by atoms with E-state index in [1.807, 2.05) is 35.8 Å². The van der Waals surface area contributed by atoms with E-state index in [1.165, 1.54) is 17.8 Å². The average Bonchev–Trinajstić information content (AvgIpc) is 3.32. The molecule has 1 spiro atoms. The van der Waals surface area contributed by atoms with Crippen molar-refractivity contribution in [3.05, 3.63) is 74.3 Å². The van der Waals surface area contributed by atoms with Gasteiger partial charge in [-0.2, -0.15) is 0 Å². The Labute approximate surface area is 283 Å². The first-order valence-corrected chi connectivity index (χ1v) is 17.7. The summed E-state index contributed by atoms with van der Waals surface area (Å²) in [6, 6.07) is 7.58. The average molecular weight is 686 g/mol. The topological polar surface area (TPSA) is 81.1 Å². The number of halogens is 3. The van der Waals surface area contributed by atoms with Crippen molar-refractivity contribution < 1.29 is 14.0 Å². The molecule has 5 heterocycles. The Morgan fingerprint density at radius 2 is 1.89 bits per heavy atom. The van der Waals surface area contributed by atoms with E-state index < -0.39 is 23.4 Å². The number of nitrogens with one attached hydrogen (secondary N) is 1. The number of fused-ring (bicyclic) bond motifs is 1. The smallest absolute Gasteiger partial charge is 0.263 e. The summed E-state index contributed by atoms with van der Waals surface area (Å²) in [4.78, 5) is 44.8. The van der Waals surface area contributed by atoms with Gasteiger partial charge in [0.05, 0.1) is 11.1 Å². The maximum absolute atomic E-state index is 15.0. The zero-order valence-corrected chi connectivity index (χ0v) is 29.0. The van der Waals surface area contributed by atoms with Gasteiger partial charge in [0, 0.05) is 48.2 Å². The number of aromatic nitrogens is 1. The number of allylic oxidation sites excluding steroid dienone is 1. The maximum atomic E-state index is 15.0. The van der Waals surface area contributed by atoms with Gasteiger partial charge in [-0.25, -0.2) is 14.4 Å². The van der Waals surface area contributed by atoms with E-state index in [9.17, 15) is 9.59 Å². The molecule has 12 heteroatoms. The summed E-state index contributed by atoms with van der Waals surface area (Å²) in [7, 11) is 0. The molecule has 5 atom stereocenters. The van der Waals surface area contributed by atoms with Crippen LogP contribution in [0.25, 0.3) is 0 Å². The number of piperazine rings is 1. The highest BCUT2D eigenvalue weighted by Gasteiger charge is 2.55. The fourth-order valence-corrected chi connectivity index (χ4v) is 9.46. The summed E-state index contributed by atoms with van der Waals surface area (Å²) in [6.07, 6.45) is 5.27. The van der Waals surface area contributed by atoms with Crippen LogP contribution in [0.15, 0.2) is 52.1 Å². The standard InChI is InChI=1S/C34H39Cl2FN6O2S/c1-18(2)27-28(31(45)42-20(4)6-10-25(42)30(44)41-16-19(3)39-34(17-41)12-13-34)46-32-40-33(5,22-8-11-26(36)38-15-22)29(43(27)32)21-7-9-23(35)24(37)14-21/h7-9,11,14-15,18-20,25,29,39H,6,10,12-13,16-17H2,1-5H3/t19-,20-,25+,29-,33+/m1/s1. The van der Waals surface area contributed by atoms with E-state index in [1.54, 1.807) is 18.3 Å². The molecule has 1 aromatic heterocycles. The highest BCUT2D eigenvalue weighted by atomic mass is 35.5. The third kappa shape index (κ3) is 5.24. The molecule has 0 bridgehead atoms. The van der Waals surface area contributed by atoms with Gasteiger partial charge in [0.1, 0.15) is 27.5 Å². The Hall–Kier alpha value is -2.66. The molecule has 2 aromatic rings. The molecule has 1 N–H and O–H groups in total. The lowest BCUT2D eigenvalue weighted by molar-refractivity contribution is -0.144. The van der Waals surface area contributed by atoms with Crippen LogP contribution in [0, 0.1) is 11.7 Å². The number of benzene rings is 1. The van der Waals surface area contributed by atoms with E-state index in [4.69, 9.17) is 28.2 Å². The summed E-state index contributed by atoms with van der Waals surface area (Å²) in [6.45, 7) is 11.6. The minimum Gasteiger partial charge on any atom is -0.338 e. The van der Waals surface area contributed by atoms with Crippen molar-refractivity contribution in [1.82, 2.24) is 25.0 Å². The Bertz CT molecular complexity index is 1660. The van der Waals surface area contributed by atoms with E-state index in [2.05, 4.69) is 36.0 Å². The number of carbonyl (C=O) groups is 2. The molecule has 5 aliphatic rings. The van der Waals surface area contributed by atoms with Gasteiger partial charge in [0.2, 0.25) is 5.91 Å². The van der Waals surface area contributed by atoms with Crippen molar-refractivity contribution in [2.24, 2.45) is 10.9 Å². The van der Waals surface area contributed by atoms with Crippen molar-refractivity contribution in [2.75, 3.05) is 13.1 Å². The molecule has 1 aliphatic carbocycles. The predicted molar refractivity (Wildman–Crippen MR) is 180 cm³/mol. The Balaban J connectivity index is 1.27. The maximum Gasteiger partial charge on any atom is 0.263 e. The third-order valence-corrected chi connectivity index (χ3v) is 11.8. The molecule has 2 saturated heterocycles. The SMILES string of the molecule is CC(C)C1=C(C(=O)N2[C@H](C)CC[C@H]2C(=O)N2C[C@@H](C)NC3(CC3)C2)SC2=N[C@@](C)(c3ccc(Cl)nc3)[C@@H](c3ccc(Cl)c(F)c3)N21. The fraction of sp³-hybridized carbons (Fsp3) is 0.529. The number of amidine groups is 1. The summed E-state index contributed by atoms with van der Waals surface area (Å²) in [5.41, 5.74) is 1.47. The number of pyridine rings is 1.